The molecule has 0 fully saturated rings. The number of carbonyl (C=O) groups is 1. The summed E-state index contributed by atoms with van der Waals surface area (Å²) in [7, 11) is 0. The Labute approximate surface area is 112 Å². The van der Waals surface area contributed by atoms with Crippen molar-refractivity contribution >= 4 is 22.6 Å². The van der Waals surface area contributed by atoms with Crippen LogP contribution in [0.2, 0.25) is 0 Å². The van der Waals surface area contributed by atoms with Crippen molar-refractivity contribution in [1.29, 1.82) is 0 Å². The van der Waals surface area contributed by atoms with Gasteiger partial charge in [-0.15, -0.1) is 0 Å². The van der Waals surface area contributed by atoms with E-state index in [2.05, 4.69) is 16.6 Å². The van der Waals surface area contributed by atoms with Gasteiger partial charge in [0.1, 0.15) is 12.2 Å². The lowest BCUT2D eigenvalue weighted by atomic mass is 10.1. The summed E-state index contributed by atoms with van der Waals surface area (Å²) in [4.78, 5) is 25.2. The van der Waals surface area contributed by atoms with E-state index in [1.807, 2.05) is 0 Å². The molecule has 0 radical (unpaired) electrons. The molecule has 2 aromatic rings. The van der Waals surface area contributed by atoms with Gasteiger partial charge in [-0.3, -0.25) is 0 Å². The zero-order valence-electron chi connectivity index (χ0n) is 10.3. The molecule has 100 valence electrons. The fraction of sp³-hybridized carbons (Fsp3) is 0.0769. The molecule has 0 aliphatic heterocycles. The molecule has 2 rings (SSSR count). The highest BCUT2D eigenvalue weighted by molar-refractivity contribution is 5.84. The summed E-state index contributed by atoms with van der Waals surface area (Å²) in [6, 6.07) is 5.88. The largest absolute Gasteiger partial charge is 0.458 e. The summed E-state index contributed by atoms with van der Waals surface area (Å²) >= 11 is 0. The molecule has 7 nitrogen and oxygen atoms in total. The number of nitrogens with zero attached hydrogens (tertiary/aromatic N) is 3. The second-order valence-corrected chi connectivity index (χ2v) is 3.77. The first kappa shape index (κ1) is 13.4. The monoisotopic (exact) mass is 271 g/mol. The van der Waals surface area contributed by atoms with Gasteiger partial charge >= 0.3 is 11.6 Å². The third-order valence-electron chi connectivity index (χ3n) is 2.51. The number of azide groups is 1. The Balaban J connectivity index is 2.49. The highest BCUT2D eigenvalue weighted by atomic mass is 16.5. The van der Waals surface area contributed by atoms with Crippen LogP contribution in [-0.4, -0.2) is 5.97 Å². The molecule has 0 saturated heterocycles. The Morgan fingerprint density at radius 3 is 3.00 bits per heavy atom. The number of carbonyl (C=O) groups excluding carboxylic acids is 1. The Morgan fingerprint density at radius 2 is 2.30 bits per heavy atom. The fourth-order valence-corrected chi connectivity index (χ4v) is 1.66. The van der Waals surface area contributed by atoms with Crippen molar-refractivity contribution in [3.8, 4) is 0 Å². The van der Waals surface area contributed by atoms with E-state index in [9.17, 15) is 9.59 Å². The molecule has 0 atom stereocenters. The molecule has 0 N–H and O–H groups in total. The molecule has 0 spiro atoms. The van der Waals surface area contributed by atoms with Crippen molar-refractivity contribution in [2.24, 2.45) is 5.11 Å². The number of ether oxygens (including phenoxy) is 1. The third-order valence-corrected chi connectivity index (χ3v) is 2.51. The van der Waals surface area contributed by atoms with Crippen LogP contribution in [-0.2, 0) is 16.1 Å². The predicted molar refractivity (Wildman–Crippen MR) is 71.3 cm³/mol. The maximum atomic E-state index is 11.5. The first-order valence-corrected chi connectivity index (χ1v) is 5.55. The van der Waals surface area contributed by atoms with Gasteiger partial charge in [0.15, 0.2) is 0 Å². The molecule has 0 unspecified atom stereocenters. The summed E-state index contributed by atoms with van der Waals surface area (Å²) in [5, 5.41) is 4.02. The summed E-state index contributed by atoms with van der Waals surface area (Å²) in [5.74, 6) is -0.586. The molecule has 0 aliphatic carbocycles. The number of hydrogen-bond donors (Lipinski definition) is 0. The van der Waals surface area contributed by atoms with E-state index in [4.69, 9.17) is 14.7 Å². The minimum absolute atomic E-state index is 0.0756. The second-order valence-electron chi connectivity index (χ2n) is 3.77. The molecule has 1 aromatic heterocycles. The van der Waals surface area contributed by atoms with Gasteiger partial charge in [-0.25, -0.2) is 9.59 Å². The molecule has 20 heavy (non-hydrogen) atoms. The van der Waals surface area contributed by atoms with Gasteiger partial charge < -0.3 is 9.15 Å². The maximum Gasteiger partial charge on any atom is 0.336 e. The second kappa shape index (κ2) is 5.73. The highest BCUT2D eigenvalue weighted by Crippen LogP contribution is 2.23. The van der Waals surface area contributed by atoms with Crippen LogP contribution in [0.5, 0.6) is 0 Å². The average molecular weight is 271 g/mol. The van der Waals surface area contributed by atoms with E-state index in [1.54, 1.807) is 12.1 Å². The molecule has 7 heteroatoms. The normalized spacial score (nSPS) is 9.80. The lowest BCUT2D eigenvalue weighted by molar-refractivity contribution is -0.138. The summed E-state index contributed by atoms with van der Waals surface area (Å²) < 4.78 is 9.92. The van der Waals surface area contributed by atoms with Gasteiger partial charge in [0, 0.05) is 33.7 Å². The Bertz CT molecular complexity index is 788. The van der Waals surface area contributed by atoms with E-state index in [0.717, 1.165) is 6.08 Å². The van der Waals surface area contributed by atoms with Gasteiger partial charge in [-0.05, 0) is 11.6 Å². The van der Waals surface area contributed by atoms with Crippen LogP contribution in [0.4, 0.5) is 5.69 Å². The lowest BCUT2D eigenvalue weighted by Crippen LogP contribution is -2.05. The van der Waals surface area contributed by atoms with Crippen molar-refractivity contribution in [3.63, 3.8) is 0 Å². The third kappa shape index (κ3) is 2.85. The van der Waals surface area contributed by atoms with Crippen LogP contribution in [0.1, 0.15) is 5.56 Å². The van der Waals surface area contributed by atoms with E-state index < -0.39 is 11.6 Å². The molecule has 0 aliphatic rings. The minimum atomic E-state index is -0.586. The van der Waals surface area contributed by atoms with E-state index in [0.29, 0.717) is 16.6 Å². The first-order chi connectivity index (χ1) is 9.63. The van der Waals surface area contributed by atoms with E-state index >= 15 is 0 Å². The topological polar surface area (TPSA) is 105 Å². The molecule has 0 amide bonds. The SMILES string of the molecule is C=CC(=O)OCc1cc(=O)oc2cc(N=[N+]=[N-])ccc12. The zero-order chi connectivity index (χ0) is 14.5. The van der Waals surface area contributed by atoms with Crippen LogP contribution >= 0.6 is 0 Å². The van der Waals surface area contributed by atoms with Crippen molar-refractivity contribution in [2.75, 3.05) is 0 Å². The number of esters is 1. The van der Waals surface area contributed by atoms with Crippen molar-refractivity contribution < 1.29 is 13.9 Å². The maximum absolute atomic E-state index is 11.5. The molecule has 0 saturated carbocycles. The molecular formula is C13H9N3O4. The number of fused-ring (bicyclic) bond motifs is 1. The smallest absolute Gasteiger partial charge is 0.336 e. The van der Waals surface area contributed by atoms with Crippen LogP contribution in [0.25, 0.3) is 21.4 Å². The predicted octanol–water partition coefficient (Wildman–Crippen LogP) is 2.96. The zero-order valence-corrected chi connectivity index (χ0v) is 10.3. The van der Waals surface area contributed by atoms with Gasteiger partial charge in [-0.1, -0.05) is 23.8 Å². The lowest BCUT2D eigenvalue weighted by Gasteiger charge is -2.06. The Hall–Kier alpha value is -3.05. The quantitative estimate of drug-likeness (QED) is 0.213. The van der Waals surface area contributed by atoms with Crippen molar-refractivity contribution in [3.05, 3.63) is 63.3 Å². The van der Waals surface area contributed by atoms with Crippen LogP contribution in [0.15, 0.2) is 51.2 Å². The van der Waals surface area contributed by atoms with Gasteiger partial charge in [0.2, 0.25) is 0 Å². The first-order valence-electron chi connectivity index (χ1n) is 5.55. The molecular weight excluding hydrogens is 262 g/mol. The van der Waals surface area contributed by atoms with Gasteiger partial charge in [0.25, 0.3) is 0 Å². The molecule has 1 aromatic carbocycles. The fourth-order valence-electron chi connectivity index (χ4n) is 1.66. The summed E-state index contributed by atoms with van der Waals surface area (Å²) in [5.41, 5.74) is 8.87. The molecule has 1 heterocycles. The standard InChI is InChI=1S/C13H9N3O4/c1-2-12(17)19-7-8-5-13(18)20-11-6-9(15-16-14)3-4-10(8)11/h2-6H,1,7H2. The molecule has 0 bridgehead atoms. The summed E-state index contributed by atoms with van der Waals surface area (Å²) in [6.07, 6.45) is 1.04. The summed E-state index contributed by atoms with van der Waals surface area (Å²) in [6.45, 7) is 3.21. The van der Waals surface area contributed by atoms with Crippen LogP contribution < -0.4 is 5.63 Å². The van der Waals surface area contributed by atoms with Crippen molar-refractivity contribution in [1.82, 2.24) is 0 Å². The van der Waals surface area contributed by atoms with E-state index in [1.165, 1.54) is 12.1 Å². The van der Waals surface area contributed by atoms with Gasteiger partial charge in [0.05, 0.1) is 0 Å². The highest BCUT2D eigenvalue weighted by Gasteiger charge is 2.08. The Kier molecular flexibility index (Phi) is 3.83. The average Bonchev–Trinajstić information content (AvgIpc) is 2.44. The number of benzene rings is 1. The number of hydrogen-bond acceptors (Lipinski definition) is 5. The van der Waals surface area contributed by atoms with E-state index in [-0.39, 0.29) is 12.2 Å². The van der Waals surface area contributed by atoms with Crippen LogP contribution in [0, 0.1) is 0 Å². The Morgan fingerprint density at radius 1 is 1.50 bits per heavy atom. The van der Waals surface area contributed by atoms with Crippen LogP contribution in [0.3, 0.4) is 0 Å². The van der Waals surface area contributed by atoms with Gasteiger partial charge in [-0.2, -0.15) is 0 Å². The minimum Gasteiger partial charge on any atom is -0.458 e. The number of rotatable bonds is 4. The van der Waals surface area contributed by atoms with Crippen molar-refractivity contribution in [2.45, 2.75) is 6.61 Å².